The van der Waals surface area contributed by atoms with Crippen LogP contribution in [0.5, 0.6) is 5.75 Å². The van der Waals surface area contributed by atoms with E-state index in [-0.39, 0.29) is 0 Å². The maximum Gasteiger partial charge on any atom is 0.122 e. The average molecular weight is 248 g/mol. The van der Waals surface area contributed by atoms with Gasteiger partial charge in [0.1, 0.15) is 5.75 Å². The van der Waals surface area contributed by atoms with Crippen LogP contribution in [0.15, 0.2) is 12.1 Å². The van der Waals surface area contributed by atoms with E-state index in [1.807, 2.05) is 0 Å². The first kappa shape index (κ1) is 15.1. The minimum absolute atomic E-state index is 0.383. The van der Waals surface area contributed by atoms with Gasteiger partial charge in [-0.05, 0) is 41.4 Å². The van der Waals surface area contributed by atoms with Crippen LogP contribution in [-0.4, -0.2) is 5.11 Å². The Morgan fingerprint density at radius 3 is 1.83 bits per heavy atom. The summed E-state index contributed by atoms with van der Waals surface area (Å²) in [5, 5.41) is 10.3. The third kappa shape index (κ3) is 3.76. The summed E-state index contributed by atoms with van der Waals surface area (Å²) in [6, 6.07) is 4.39. The molecule has 1 heteroatoms. The van der Waals surface area contributed by atoms with E-state index in [1.54, 1.807) is 0 Å². The highest BCUT2D eigenvalue weighted by molar-refractivity contribution is 5.46. The minimum atomic E-state index is 0.383. The van der Waals surface area contributed by atoms with Gasteiger partial charge < -0.3 is 5.11 Å². The van der Waals surface area contributed by atoms with Crippen LogP contribution in [0.1, 0.15) is 82.4 Å². The van der Waals surface area contributed by atoms with Crippen molar-refractivity contribution in [3.05, 3.63) is 28.8 Å². The van der Waals surface area contributed by atoms with Crippen molar-refractivity contribution in [2.24, 2.45) is 0 Å². The molecule has 0 unspecified atom stereocenters. The smallest absolute Gasteiger partial charge is 0.122 e. The van der Waals surface area contributed by atoms with Crippen LogP contribution in [0.4, 0.5) is 0 Å². The highest BCUT2D eigenvalue weighted by Gasteiger charge is 2.14. The first-order chi connectivity index (χ1) is 8.47. The van der Waals surface area contributed by atoms with Gasteiger partial charge in [-0.15, -0.1) is 0 Å². The molecule has 0 saturated heterocycles. The number of phenols is 1. The van der Waals surface area contributed by atoms with Crippen molar-refractivity contribution in [1.29, 1.82) is 0 Å². The topological polar surface area (TPSA) is 20.2 Å². The van der Waals surface area contributed by atoms with Gasteiger partial charge in [0, 0.05) is 0 Å². The van der Waals surface area contributed by atoms with Crippen LogP contribution in [0.3, 0.4) is 0 Å². The molecule has 0 aliphatic rings. The van der Waals surface area contributed by atoms with E-state index in [1.165, 1.54) is 24.8 Å². The molecule has 0 radical (unpaired) electrons. The SMILES string of the molecule is CCCCCc1cc(C(C)C)c(O)c(C(C)C)c1. The van der Waals surface area contributed by atoms with Crippen LogP contribution < -0.4 is 0 Å². The average Bonchev–Trinajstić information content (AvgIpc) is 2.30. The zero-order chi connectivity index (χ0) is 13.7. The number of phenolic OH excluding ortho intramolecular Hbond substituents is 1. The van der Waals surface area contributed by atoms with Gasteiger partial charge in [0.05, 0.1) is 0 Å². The molecule has 0 saturated carbocycles. The zero-order valence-corrected chi connectivity index (χ0v) is 12.6. The predicted octanol–water partition coefficient (Wildman–Crippen LogP) is 5.37. The van der Waals surface area contributed by atoms with Crippen LogP contribution in [0.2, 0.25) is 0 Å². The molecular formula is C17H28O. The van der Waals surface area contributed by atoms with Gasteiger partial charge in [-0.25, -0.2) is 0 Å². The number of hydrogen-bond donors (Lipinski definition) is 1. The molecular weight excluding hydrogens is 220 g/mol. The number of benzene rings is 1. The van der Waals surface area contributed by atoms with Gasteiger partial charge in [-0.2, -0.15) is 0 Å². The first-order valence-corrected chi connectivity index (χ1v) is 7.33. The molecule has 0 amide bonds. The normalized spacial score (nSPS) is 11.5. The van der Waals surface area contributed by atoms with Crippen molar-refractivity contribution in [2.75, 3.05) is 0 Å². The molecule has 0 fully saturated rings. The highest BCUT2D eigenvalue weighted by Crippen LogP contribution is 2.35. The lowest BCUT2D eigenvalue weighted by molar-refractivity contribution is 0.454. The van der Waals surface area contributed by atoms with Crippen molar-refractivity contribution >= 4 is 0 Å². The van der Waals surface area contributed by atoms with Crippen molar-refractivity contribution < 1.29 is 5.11 Å². The van der Waals surface area contributed by atoms with Crippen molar-refractivity contribution in [1.82, 2.24) is 0 Å². The Labute approximate surface area is 112 Å². The molecule has 1 aromatic carbocycles. The lowest BCUT2D eigenvalue weighted by atomic mass is 9.90. The third-order valence-electron chi connectivity index (χ3n) is 3.54. The van der Waals surface area contributed by atoms with Crippen LogP contribution in [0.25, 0.3) is 0 Å². The standard InChI is InChI=1S/C17H28O/c1-6-7-8-9-14-10-15(12(2)3)17(18)16(11-14)13(4)5/h10-13,18H,6-9H2,1-5H3. The van der Waals surface area contributed by atoms with Gasteiger partial charge in [0.15, 0.2) is 0 Å². The summed E-state index contributed by atoms with van der Waals surface area (Å²) >= 11 is 0. The van der Waals surface area contributed by atoms with Crippen molar-refractivity contribution in [3.63, 3.8) is 0 Å². The summed E-state index contributed by atoms with van der Waals surface area (Å²) in [6.45, 7) is 10.8. The Morgan fingerprint density at radius 2 is 1.44 bits per heavy atom. The summed E-state index contributed by atoms with van der Waals surface area (Å²) in [6.07, 6.45) is 4.92. The Kier molecular flexibility index (Phi) is 5.71. The summed E-state index contributed by atoms with van der Waals surface area (Å²) in [4.78, 5) is 0. The second-order valence-corrected chi connectivity index (χ2v) is 5.89. The van der Waals surface area contributed by atoms with Gasteiger partial charge in [0.2, 0.25) is 0 Å². The molecule has 1 aromatic rings. The van der Waals surface area contributed by atoms with E-state index in [0.29, 0.717) is 17.6 Å². The summed E-state index contributed by atoms with van der Waals surface area (Å²) < 4.78 is 0. The molecule has 0 aliphatic heterocycles. The summed E-state index contributed by atoms with van der Waals surface area (Å²) in [7, 11) is 0. The highest BCUT2D eigenvalue weighted by atomic mass is 16.3. The van der Waals surface area contributed by atoms with Crippen LogP contribution in [-0.2, 0) is 6.42 Å². The quantitative estimate of drug-likeness (QED) is 0.671. The Hall–Kier alpha value is -0.980. The maximum absolute atomic E-state index is 10.3. The second-order valence-electron chi connectivity index (χ2n) is 5.89. The van der Waals surface area contributed by atoms with Crippen LogP contribution >= 0.6 is 0 Å². The van der Waals surface area contributed by atoms with Gasteiger partial charge in [-0.1, -0.05) is 59.6 Å². The largest absolute Gasteiger partial charge is 0.507 e. The van der Waals surface area contributed by atoms with Crippen LogP contribution in [0, 0.1) is 0 Å². The lowest BCUT2D eigenvalue weighted by Crippen LogP contribution is -1.99. The lowest BCUT2D eigenvalue weighted by Gasteiger charge is -2.17. The van der Waals surface area contributed by atoms with Gasteiger partial charge >= 0.3 is 0 Å². The first-order valence-electron chi connectivity index (χ1n) is 7.33. The molecule has 102 valence electrons. The van der Waals surface area contributed by atoms with E-state index >= 15 is 0 Å². The monoisotopic (exact) mass is 248 g/mol. The molecule has 0 heterocycles. The molecule has 0 spiro atoms. The fraction of sp³-hybridized carbons (Fsp3) is 0.647. The Balaban J connectivity index is 3.05. The van der Waals surface area contributed by atoms with Crippen molar-refractivity contribution in [3.8, 4) is 5.75 Å². The van der Waals surface area contributed by atoms with E-state index < -0.39 is 0 Å². The van der Waals surface area contributed by atoms with E-state index in [0.717, 1.165) is 17.5 Å². The zero-order valence-electron chi connectivity index (χ0n) is 12.6. The van der Waals surface area contributed by atoms with Gasteiger partial charge in [0.25, 0.3) is 0 Å². The molecule has 1 rings (SSSR count). The summed E-state index contributed by atoms with van der Waals surface area (Å²) in [5.74, 6) is 1.28. The number of hydrogen-bond acceptors (Lipinski definition) is 1. The number of rotatable bonds is 6. The van der Waals surface area contributed by atoms with E-state index in [2.05, 4.69) is 46.8 Å². The van der Waals surface area contributed by atoms with Crippen molar-refractivity contribution in [2.45, 2.75) is 72.1 Å². The van der Waals surface area contributed by atoms with E-state index in [9.17, 15) is 5.11 Å². The fourth-order valence-corrected chi connectivity index (χ4v) is 2.35. The molecule has 1 N–H and O–H groups in total. The third-order valence-corrected chi connectivity index (χ3v) is 3.54. The number of aryl methyl sites for hydroxylation is 1. The molecule has 18 heavy (non-hydrogen) atoms. The predicted molar refractivity (Wildman–Crippen MR) is 79.5 cm³/mol. The number of aromatic hydroxyl groups is 1. The molecule has 0 atom stereocenters. The second kappa shape index (κ2) is 6.82. The fourth-order valence-electron chi connectivity index (χ4n) is 2.35. The van der Waals surface area contributed by atoms with E-state index in [4.69, 9.17) is 0 Å². The molecule has 1 nitrogen and oxygen atoms in total. The maximum atomic E-state index is 10.3. The molecule has 0 aromatic heterocycles. The Morgan fingerprint density at radius 1 is 0.944 bits per heavy atom. The Bertz CT molecular complexity index is 348. The molecule has 0 aliphatic carbocycles. The summed E-state index contributed by atoms with van der Waals surface area (Å²) in [5.41, 5.74) is 3.59. The minimum Gasteiger partial charge on any atom is -0.507 e. The van der Waals surface area contributed by atoms with Gasteiger partial charge in [-0.3, -0.25) is 0 Å². The molecule has 0 bridgehead atoms. The number of unbranched alkanes of at least 4 members (excludes halogenated alkanes) is 2.